The van der Waals surface area contributed by atoms with Gasteiger partial charge in [-0.1, -0.05) is 30.3 Å². The molecule has 0 saturated carbocycles. The number of anilines is 1. The molecule has 2 saturated heterocycles. The first-order chi connectivity index (χ1) is 14.1. The van der Waals surface area contributed by atoms with Crippen molar-refractivity contribution >= 4 is 17.6 Å². The van der Waals surface area contributed by atoms with Crippen molar-refractivity contribution in [3.8, 4) is 0 Å². The highest BCUT2D eigenvalue weighted by Gasteiger charge is 2.33. The van der Waals surface area contributed by atoms with Crippen LogP contribution in [0.25, 0.3) is 0 Å². The van der Waals surface area contributed by atoms with Crippen LogP contribution in [0.4, 0.5) is 14.9 Å². The monoisotopic (exact) mass is 397 g/mol. The molecule has 0 aromatic heterocycles. The Morgan fingerprint density at radius 3 is 2.45 bits per heavy atom. The van der Waals surface area contributed by atoms with Crippen molar-refractivity contribution in [3.63, 3.8) is 0 Å². The van der Waals surface area contributed by atoms with E-state index in [4.69, 9.17) is 0 Å². The molecule has 2 aliphatic heterocycles. The lowest BCUT2D eigenvalue weighted by atomic mass is 10.2. The summed E-state index contributed by atoms with van der Waals surface area (Å²) in [7, 11) is 0. The Morgan fingerprint density at radius 1 is 1.07 bits per heavy atom. The van der Waals surface area contributed by atoms with E-state index < -0.39 is 0 Å². The van der Waals surface area contributed by atoms with Gasteiger partial charge >= 0.3 is 6.03 Å². The van der Waals surface area contributed by atoms with E-state index in [9.17, 15) is 14.0 Å². The lowest BCUT2D eigenvalue weighted by molar-refractivity contribution is -0.917. The zero-order chi connectivity index (χ0) is 20.2. The van der Waals surface area contributed by atoms with Crippen LogP contribution in [0.3, 0.4) is 0 Å². The van der Waals surface area contributed by atoms with Gasteiger partial charge in [0.2, 0.25) is 5.91 Å². The lowest BCUT2D eigenvalue weighted by Gasteiger charge is -2.33. The highest BCUT2D eigenvalue weighted by molar-refractivity contribution is 5.96. The third-order valence-corrected chi connectivity index (χ3v) is 5.65. The van der Waals surface area contributed by atoms with Crippen molar-refractivity contribution in [1.29, 1.82) is 0 Å². The topological polar surface area (TPSA) is 57.1 Å². The predicted molar refractivity (Wildman–Crippen MR) is 108 cm³/mol. The van der Waals surface area contributed by atoms with E-state index in [1.54, 1.807) is 17.0 Å². The van der Waals surface area contributed by atoms with Crippen LogP contribution in [0.2, 0.25) is 0 Å². The largest absolute Gasteiger partial charge is 0.333 e. The molecule has 0 spiro atoms. The highest BCUT2D eigenvalue weighted by Crippen LogP contribution is 2.22. The molecule has 2 aromatic carbocycles. The molecule has 2 aromatic rings. The average Bonchev–Trinajstić information content (AvgIpc) is 3.10. The predicted octanol–water partition coefficient (Wildman–Crippen LogP) is 1.04. The fourth-order valence-corrected chi connectivity index (χ4v) is 4.03. The van der Waals surface area contributed by atoms with Crippen molar-refractivity contribution in [2.75, 3.05) is 37.6 Å². The van der Waals surface area contributed by atoms with Crippen molar-refractivity contribution in [3.05, 3.63) is 66.0 Å². The van der Waals surface area contributed by atoms with Crippen molar-refractivity contribution < 1.29 is 18.9 Å². The van der Waals surface area contributed by atoms with E-state index in [-0.39, 0.29) is 30.2 Å². The van der Waals surface area contributed by atoms with Crippen molar-refractivity contribution in [2.24, 2.45) is 0 Å². The number of carbonyl (C=O) groups is 2. The van der Waals surface area contributed by atoms with E-state index in [0.717, 1.165) is 19.6 Å². The summed E-state index contributed by atoms with van der Waals surface area (Å²) in [5.74, 6) is -0.391. The summed E-state index contributed by atoms with van der Waals surface area (Å²) in [4.78, 5) is 29.9. The second kappa shape index (κ2) is 8.61. The molecule has 7 heteroatoms. The maximum Gasteiger partial charge on any atom is 0.318 e. The van der Waals surface area contributed by atoms with Gasteiger partial charge in [0.05, 0.1) is 32.2 Å². The Labute approximate surface area is 169 Å². The number of nitrogens with one attached hydrogen (secondary N) is 2. The molecule has 3 amide bonds. The van der Waals surface area contributed by atoms with E-state index >= 15 is 0 Å². The number of quaternary nitrogens is 1. The number of hydrogen-bond acceptors (Lipinski definition) is 2. The highest BCUT2D eigenvalue weighted by atomic mass is 19.1. The maximum atomic E-state index is 13.1. The van der Waals surface area contributed by atoms with Crippen LogP contribution in [-0.2, 0) is 11.3 Å². The molecule has 0 bridgehead atoms. The number of rotatable bonds is 4. The standard InChI is InChI=1S/C22H25FN4O2/c23-18-6-8-20(9-7-18)27-16-19(14-21(27)28)24-22(29)26-12-10-25(11-13-26)15-17-4-2-1-3-5-17/h1-9,19H,10-16H2,(H,24,29)/p+1/t19-/m0/s1. The van der Waals surface area contributed by atoms with Crippen LogP contribution in [0, 0.1) is 5.82 Å². The van der Waals surface area contributed by atoms with Crippen LogP contribution in [-0.4, -0.2) is 55.6 Å². The van der Waals surface area contributed by atoms with E-state index in [2.05, 4.69) is 29.6 Å². The molecule has 2 aliphatic rings. The number of amides is 3. The molecule has 0 radical (unpaired) electrons. The van der Waals surface area contributed by atoms with Gasteiger partial charge in [-0.3, -0.25) is 4.79 Å². The van der Waals surface area contributed by atoms with Crippen LogP contribution >= 0.6 is 0 Å². The minimum atomic E-state index is -0.334. The first-order valence-corrected chi connectivity index (χ1v) is 10.1. The second-order valence-corrected chi connectivity index (χ2v) is 7.73. The van der Waals surface area contributed by atoms with Gasteiger partial charge in [-0.2, -0.15) is 0 Å². The fraction of sp³-hybridized carbons (Fsp3) is 0.364. The first-order valence-electron chi connectivity index (χ1n) is 10.1. The molecule has 0 aliphatic carbocycles. The molecule has 152 valence electrons. The molecule has 0 unspecified atom stereocenters. The van der Waals surface area contributed by atoms with Gasteiger partial charge in [-0.05, 0) is 24.3 Å². The number of benzene rings is 2. The summed E-state index contributed by atoms with van der Waals surface area (Å²) < 4.78 is 13.1. The summed E-state index contributed by atoms with van der Waals surface area (Å²) in [6.45, 7) is 4.61. The van der Waals surface area contributed by atoms with Gasteiger partial charge in [0.15, 0.2) is 0 Å². The Balaban J connectivity index is 1.26. The van der Waals surface area contributed by atoms with Crippen LogP contribution in [0.1, 0.15) is 12.0 Å². The zero-order valence-corrected chi connectivity index (χ0v) is 16.3. The molecule has 2 heterocycles. The number of piperazine rings is 1. The smallest absolute Gasteiger partial charge is 0.318 e. The lowest BCUT2D eigenvalue weighted by Crippen LogP contribution is -3.13. The minimum Gasteiger partial charge on any atom is -0.333 e. The third-order valence-electron chi connectivity index (χ3n) is 5.65. The molecule has 2 N–H and O–H groups in total. The van der Waals surface area contributed by atoms with Gasteiger partial charge < -0.3 is 20.0 Å². The summed E-state index contributed by atoms with van der Waals surface area (Å²) in [6, 6.07) is 15.9. The average molecular weight is 397 g/mol. The Kier molecular flexibility index (Phi) is 5.76. The number of nitrogens with zero attached hydrogens (tertiary/aromatic N) is 2. The maximum absolute atomic E-state index is 13.1. The van der Waals surface area contributed by atoms with Gasteiger partial charge in [0.1, 0.15) is 12.4 Å². The molecule has 2 fully saturated rings. The molecular formula is C22H26FN4O2+. The summed E-state index contributed by atoms with van der Waals surface area (Å²) >= 11 is 0. The number of halogens is 1. The molecule has 1 atom stereocenters. The van der Waals surface area contributed by atoms with Gasteiger partial charge in [-0.15, -0.1) is 0 Å². The normalized spacial score (nSPS) is 20.2. The Morgan fingerprint density at radius 2 is 1.76 bits per heavy atom. The Bertz CT molecular complexity index is 851. The van der Waals surface area contributed by atoms with Gasteiger partial charge in [-0.25, -0.2) is 9.18 Å². The molecular weight excluding hydrogens is 371 g/mol. The quantitative estimate of drug-likeness (QED) is 0.810. The van der Waals surface area contributed by atoms with Crippen LogP contribution < -0.4 is 15.1 Å². The zero-order valence-electron chi connectivity index (χ0n) is 16.3. The second-order valence-electron chi connectivity index (χ2n) is 7.73. The SMILES string of the molecule is O=C(N[C@H]1CC(=O)N(c2ccc(F)cc2)C1)N1CC[NH+](Cc2ccccc2)CC1. The van der Waals surface area contributed by atoms with Crippen LogP contribution in [0.5, 0.6) is 0 Å². The molecule has 4 rings (SSSR count). The third kappa shape index (κ3) is 4.74. The van der Waals surface area contributed by atoms with E-state index in [1.165, 1.54) is 22.6 Å². The van der Waals surface area contributed by atoms with Gasteiger partial charge in [0.25, 0.3) is 0 Å². The fourth-order valence-electron chi connectivity index (χ4n) is 4.03. The van der Waals surface area contributed by atoms with Crippen molar-refractivity contribution in [1.82, 2.24) is 10.2 Å². The Hall–Kier alpha value is -2.93. The first kappa shape index (κ1) is 19.4. The van der Waals surface area contributed by atoms with Crippen molar-refractivity contribution in [2.45, 2.75) is 19.0 Å². The number of urea groups is 1. The summed E-state index contributed by atoms with van der Waals surface area (Å²) in [5.41, 5.74) is 1.97. The van der Waals surface area contributed by atoms with E-state index in [0.29, 0.717) is 25.3 Å². The van der Waals surface area contributed by atoms with Gasteiger partial charge in [0, 0.05) is 24.2 Å². The number of carbonyl (C=O) groups excluding carboxylic acids is 2. The molecule has 29 heavy (non-hydrogen) atoms. The summed E-state index contributed by atoms with van der Waals surface area (Å²) in [6.07, 6.45) is 0.266. The van der Waals surface area contributed by atoms with Crippen LogP contribution in [0.15, 0.2) is 54.6 Å². The molecule has 6 nitrogen and oxygen atoms in total. The number of hydrogen-bond donors (Lipinski definition) is 2. The minimum absolute atomic E-state index is 0.0565. The van der Waals surface area contributed by atoms with E-state index in [1.807, 2.05) is 11.0 Å². The summed E-state index contributed by atoms with van der Waals surface area (Å²) in [5, 5.41) is 3.00.